The zero-order valence-corrected chi connectivity index (χ0v) is 11.4. The van der Waals surface area contributed by atoms with E-state index in [0.29, 0.717) is 6.29 Å². The van der Waals surface area contributed by atoms with E-state index in [2.05, 4.69) is 0 Å². The number of benzene rings is 1. The lowest BCUT2D eigenvalue weighted by Crippen LogP contribution is -2.25. The molecule has 0 N–H and O–H groups in total. The van der Waals surface area contributed by atoms with Gasteiger partial charge < -0.3 is 9.46 Å². The third-order valence-corrected chi connectivity index (χ3v) is 3.25. The Morgan fingerprint density at radius 3 is 2.41 bits per heavy atom. The van der Waals surface area contributed by atoms with Gasteiger partial charge in [0.05, 0.1) is 6.29 Å². The predicted octanol–water partition coefficient (Wildman–Crippen LogP) is 2.74. The van der Waals surface area contributed by atoms with Gasteiger partial charge in [-0.1, -0.05) is 30.3 Å². The molecule has 0 bridgehead atoms. The number of hydrogen-bond donors (Lipinski definition) is 0. The molecule has 0 radical (unpaired) electrons. The van der Waals surface area contributed by atoms with Crippen LogP contribution in [0.25, 0.3) is 6.08 Å². The molecule has 0 unspecified atom stereocenters. The molecule has 4 heteroatoms. The Hall–Kier alpha value is -1.34. The fourth-order valence-corrected chi connectivity index (χ4v) is 2.60. The van der Waals surface area contributed by atoms with Crippen LogP contribution in [0, 0.1) is 0 Å². The minimum atomic E-state index is -2.20. The van der Waals surface area contributed by atoms with E-state index in [0.717, 1.165) is 5.56 Å². The van der Waals surface area contributed by atoms with Gasteiger partial charge in [-0.15, -0.1) is 0 Å². The number of nitrogens with zero attached hydrogens (tertiary/aromatic N) is 1. The van der Waals surface area contributed by atoms with Crippen LogP contribution >= 0.6 is 7.14 Å². The van der Waals surface area contributed by atoms with E-state index in [-0.39, 0.29) is 5.91 Å². The number of hydrogen-bond acceptors (Lipinski definition) is 2. The first-order chi connectivity index (χ1) is 7.88. The van der Waals surface area contributed by atoms with Crippen molar-refractivity contribution in [2.24, 2.45) is 0 Å². The van der Waals surface area contributed by atoms with Gasteiger partial charge in [0.1, 0.15) is 7.14 Å². The third kappa shape index (κ3) is 5.50. The van der Waals surface area contributed by atoms with Crippen molar-refractivity contribution in [3.8, 4) is 0 Å². The fraction of sp³-hybridized carbons (Fsp3) is 0.308. The smallest absolute Gasteiger partial charge is 0.246 e. The quantitative estimate of drug-likeness (QED) is 0.609. The summed E-state index contributed by atoms with van der Waals surface area (Å²) in [7, 11) is -0.536. The Kier molecular flexibility index (Phi) is 4.71. The third-order valence-electron chi connectivity index (χ3n) is 2.15. The van der Waals surface area contributed by atoms with Gasteiger partial charge in [-0.3, -0.25) is 4.79 Å². The highest BCUT2D eigenvalue weighted by molar-refractivity contribution is 7.62. The molecular weight excluding hydrogens is 233 g/mol. The molecule has 17 heavy (non-hydrogen) atoms. The Morgan fingerprint density at radius 2 is 1.88 bits per heavy atom. The summed E-state index contributed by atoms with van der Waals surface area (Å²) >= 11 is 0. The molecule has 1 amide bonds. The maximum absolute atomic E-state index is 11.7. The van der Waals surface area contributed by atoms with Crippen molar-refractivity contribution in [3.63, 3.8) is 0 Å². The Morgan fingerprint density at radius 1 is 1.29 bits per heavy atom. The average Bonchev–Trinajstić information content (AvgIpc) is 2.25. The summed E-state index contributed by atoms with van der Waals surface area (Å²) in [5, 5.41) is 0. The lowest BCUT2D eigenvalue weighted by molar-refractivity contribution is -0.123. The van der Waals surface area contributed by atoms with Crippen LogP contribution in [0.3, 0.4) is 0 Å². The molecule has 0 atom stereocenters. The molecule has 1 aromatic carbocycles. The van der Waals surface area contributed by atoms with Crippen LogP contribution < -0.4 is 0 Å². The first-order valence-corrected chi connectivity index (χ1v) is 8.19. The molecule has 0 aliphatic heterocycles. The van der Waals surface area contributed by atoms with Crippen molar-refractivity contribution in [2.45, 2.75) is 0 Å². The van der Waals surface area contributed by atoms with E-state index < -0.39 is 7.14 Å². The summed E-state index contributed by atoms with van der Waals surface area (Å²) < 4.78 is 11.6. The number of likely N-dealkylation sites (N-methyl/N-ethyl adjacent to an activating group) is 1. The van der Waals surface area contributed by atoms with Gasteiger partial charge in [0.2, 0.25) is 5.91 Å². The number of amides is 1. The van der Waals surface area contributed by atoms with Crippen molar-refractivity contribution in [1.82, 2.24) is 4.90 Å². The molecule has 0 saturated carbocycles. The number of rotatable bonds is 4. The normalized spacial score (nSPS) is 11.7. The van der Waals surface area contributed by atoms with E-state index >= 15 is 0 Å². The second-order valence-electron chi connectivity index (χ2n) is 4.50. The van der Waals surface area contributed by atoms with Gasteiger partial charge in [-0.25, -0.2) is 0 Å². The molecule has 1 rings (SSSR count). The van der Waals surface area contributed by atoms with Crippen LogP contribution in [0.15, 0.2) is 36.4 Å². The van der Waals surface area contributed by atoms with Crippen molar-refractivity contribution < 1.29 is 9.36 Å². The fourth-order valence-electron chi connectivity index (χ4n) is 1.44. The minimum absolute atomic E-state index is 0.127. The Bertz CT molecular complexity index is 448. The summed E-state index contributed by atoms with van der Waals surface area (Å²) in [6.45, 7) is 3.36. The maximum atomic E-state index is 11.7. The van der Waals surface area contributed by atoms with E-state index in [1.54, 1.807) is 26.5 Å². The number of carbonyl (C=O) groups is 1. The molecule has 3 nitrogen and oxygen atoms in total. The summed E-state index contributed by atoms with van der Waals surface area (Å²) in [6, 6.07) is 9.61. The lowest BCUT2D eigenvalue weighted by Gasteiger charge is -2.17. The minimum Gasteiger partial charge on any atom is -0.335 e. The highest BCUT2D eigenvalue weighted by Gasteiger charge is 2.13. The Balaban J connectivity index is 2.61. The summed E-state index contributed by atoms with van der Waals surface area (Å²) in [5.41, 5.74) is 0.977. The zero-order chi connectivity index (χ0) is 12.9. The summed E-state index contributed by atoms with van der Waals surface area (Å²) in [4.78, 5) is 13.2. The molecule has 0 fully saturated rings. The largest absolute Gasteiger partial charge is 0.335 e. The van der Waals surface area contributed by atoms with Crippen molar-refractivity contribution in [1.29, 1.82) is 0 Å². The highest BCUT2D eigenvalue weighted by Crippen LogP contribution is 2.35. The predicted molar refractivity (Wildman–Crippen MR) is 72.6 cm³/mol. The van der Waals surface area contributed by atoms with Crippen LogP contribution in [0.2, 0.25) is 0 Å². The van der Waals surface area contributed by atoms with Gasteiger partial charge in [0.15, 0.2) is 0 Å². The first kappa shape index (κ1) is 13.7. The monoisotopic (exact) mass is 251 g/mol. The van der Waals surface area contributed by atoms with Gasteiger partial charge in [-0.05, 0) is 25.0 Å². The van der Waals surface area contributed by atoms with Crippen LogP contribution in [0.5, 0.6) is 0 Å². The molecule has 0 spiro atoms. The van der Waals surface area contributed by atoms with Crippen molar-refractivity contribution in [3.05, 3.63) is 42.0 Å². The summed E-state index contributed by atoms with van der Waals surface area (Å²) in [6.07, 6.45) is 3.57. The number of carbonyl (C=O) groups excluding carboxylic acids is 1. The first-order valence-electron chi connectivity index (χ1n) is 5.41. The zero-order valence-electron chi connectivity index (χ0n) is 10.5. The molecule has 0 aliphatic rings. The van der Waals surface area contributed by atoms with Crippen molar-refractivity contribution in [2.75, 3.05) is 26.7 Å². The SMILES string of the molecule is CN(CP(C)(C)=O)C(=O)/C=C/c1ccccc1. The lowest BCUT2D eigenvalue weighted by atomic mass is 10.2. The molecule has 0 saturated heterocycles. The summed E-state index contributed by atoms with van der Waals surface area (Å²) in [5.74, 6) is -0.127. The van der Waals surface area contributed by atoms with Crippen LogP contribution in [0.1, 0.15) is 5.56 Å². The maximum Gasteiger partial charge on any atom is 0.246 e. The second-order valence-corrected chi connectivity index (χ2v) is 7.93. The van der Waals surface area contributed by atoms with Gasteiger partial charge in [0, 0.05) is 13.1 Å². The standard InChI is InChI=1S/C13H18NO2P/c1-14(11-17(2,3)16)13(15)10-9-12-7-5-4-6-8-12/h4-10H,11H2,1-3H3/b10-9+. The molecule has 92 valence electrons. The molecule has 1 aromatic rings. The molecular formula is C13H18NO2P. The van der Waals surface area contributed by atoms with Crippen LogP contribution in [-0.4, -0.2) is 37.5 Å². The molecule has 0 aromatic heterocycles. The van der Waals surface area contributed by atoms with Gasteiger partial charge >= 0.3 is 0 Å². The Labute approximate surface area is 103 Å². The molecule has 0 heterocycles. The average molecular weight is 251 g/mol. The van der Waals surface area contributed by atoms with E-state index in [1.807, 2.05) is 30.3 Å². The van der Waals surface area contributed by atoms with E-state index in [1.165, 1.54) is 11.0 Å². The van der Waals surface area contributed by atoms with Gasteiger partial charge in [-0.2, -0.15) is 0 Å². The van der Waals surface area contributed by atoms with Crippen molar-refractivity contribution >= 4 is 19.1 Å². The second kappa shape index (κ2) is 5.83. The topological polar surface area (TPSA) is 37.4 Å². The van der Waals surface area contributed by atoms with Crippen LogP contribution in [0.4, 0.5) is 0 Å². The highest BCUT2D eigenvalue weighted by atomic mass is 31.2. The van der Waals surface area contributed by atoms with E-state index in [9.17, 15) is 9.36 Å². The molecule has 0 aliphatic carbocycles. The van der Waals surface area contributed by atoms with E-state index in [4.69, 9.17) is 0 Å². The van der Waals surface area contributed by atoms with Gasteiger partial charge in [0.25, 0.3) is 0 Å². The van der Waals surface area contributed by atoms with Crippen LogP contribution in [-0.2, 0) is 9.36 Å².